The van der Waals surface area contributed by atoms with Crippen LogP contribution in [0.15, 0.2) is 364 Å². The maximum atomic E-state index is 10.5. The molecule has 0 aliphatic heterocycles. The van der Waals surface area contributed by atoms with Crippen molar-refractivity contribution in [2.24, 2.45) is 0 Å². The minimum absolute atomic E-state index is 0. The van der Waals surface area contributed by atoms with Crippen molar-refractivity contribution in [1.82, 2.24) is 31.1 Å². The second kappa shape index (κ2) is 44.2. The van der Waals surface area contributed by atoms with Crippen LogP contribution in [0.1, 0.15) is 10.4 Å². The molecule has 15 rings (SSSR count). The van der Waals surface area contributed by atoms with E-state index < -0.39 is 28.6 Å². The summed E-state index contributed by atoms with van der Waals surface area (Å²) >= 11 is 6.91. The molecule has 0 amide bonds. The Morgan fingerprint density at radius 3 is 0.796 bits per heavy atom. The van der Waals surface area contributed by atoms with Crippen molar-refractivity contribution in [2.75, 3.05) is 0 Å². The van der Waals surface area contributed by atoms with Crippen LogP contribution in [0.25, 0.3) is 129 Å². The topological polar surface area (TPSA) is 164 Å². The monoisotopic (exact) mass is 2140 g/mol. The summed E-state index contributed by atoms with van der Waals surface area (Å²) in [6, 6.07) is 115. The van der Waals surface area contributed by atoms with Gasteiger partial charge in [0, 0.05) is 41.2 Å². The third-order valence-corrected chi connectivity index (χ3v) is 17.2. The SMILES string of the molecule is Brc1cccc(-c2nc(-c3ccc(-c4ccccc4)cc3)nc(-c3ccc(-c4ccccc4)cc3)[o+]2)c1.Brc1cccc(-c2nc(-c3ccc(-c4ccccc4)cc3)nc(-c3ccc(-c4ccccc4)cc3)n2)c1.N.O.O=C(Cl)c1cccc(Br)c1.[C-]#[N+]c1ccc(-c2ccccc2)cc1.[Cl-].[Cl][Sb]([Cl])([Cl])([Cl])[Cl].[Cl][Sb]([Cl])([Cl])([Cl])[Cl]. The fourth-order valence-corrected chi connectivity index (χ4v) is 11.8. The van der Waals surface area contributed by atoms with Crippen LogP contribution in [0, 0.1) is 6.57 Å². The van der Waals surface area contributed by atoms with E-state index in [1.807, 2.05) is 158 Å². The second-order valence-corrected chi connectivity index (χ2v) is 102. The maximum absolute atomic E-state index is 10.5. The summed E-state index contributed by atoms with van der Waals surface area (Å²) in [4.78, 5) is 38.2. The molecule has 0 fully saturated rings. The standard InChI is InChI=1S/C33H22BrN3.C33H22BrN2O.C13H9N.C7H4BrClO.11ClH.H3N.H2O.2Sb/c2*34-30-13-7-12-29(22-30)33-36-31(27-18-14-25(15-19-27)23-8-3-1-4-9-23)35-32(37-33)28-20-16-26(17-21-28)24-10-5-2-6-11-24;1-14-13-9-7-12(8-10-13)11-5-3-2-4-6-11;8-6-3-1-2-5(4-6)7(9)10;;;;;;;;;;;;;;;/h2*1-22H;2-10H;1-4H;11*1H;1H3;1H2;;/q;+1;;;;;;;;;;;;;;;;2*+5/p-11. The molecule has 2 aromatic heterocycles. The Morgan fingerprint density at radius 1 is 0.292 bits per heavy atom. The number of hydrogen-bond donors (Lipinski definition) is 1. The van der Waals surface area contributed by atoms with E-state index >= 15 is 0 Å². The summed E-state index contributed by atoms with van der Waals surface area (Å²) in [5, 5.41) is -0.429. The van der Waals surface area contributed by atoms with Crippen molar-refractivity contribution < 1.29 is 27.1 Å². The van der Waals surface area contributed by atoms with E-state index in [1.165, 1.54) is 27.8 Å². The molecule has 13 aromatic carbocycles. The summed E-state index contributed by atoms with van der Waals surface area (Å²) < 4.78 is 9.06. The Balaban J connectivity index is 0.000000215. The van der Waals surface area contributed by atoms with Crippen LogP contribution < -0.4 is 18.6 Å². The van der Waals surface area contributed by atoms with Gasteiger partial charge in [-0.25, -0.2) is 19.8 Å². The molecule has 0 saturated carbocycles. The number of halogens is 15. The first-order chi connectivity index (χ1) is 52.5. The van der Waals surface area contributed by atoms with Gasteiger partial charge in [-0.15, -0.1) is 9.97 Å². The zero-order valence-corrected chi connectivity index (χ0v) is 77.6. The number of nitrogens with zero attached hydrogens (tertiary/aromatic N) is 6. The minimum atomic E-state index is -4.33. The molecule has 15 aromatic rings. The van der Waals surface area contributed by atoms with E-state index in [9.17, 15) is 4.79 Å². The number of aromatic nitrogens is 5. The normalized spacial score (nSPS) is 11.1. The van der Waals surface area contributed by atoms with Crippen LogP contribution in [-0.2, 0) is 0 Å². The Labute approximate surface area is 731 Å². The number of hydrogen-bond acceptors (Lipinski definition) is 7. The summed E-state index contributed by atoms with van der Waals surface area (Å²) in [5.74, 6) is 3.58. The van der Waals surface area contributed by atoms with E-state index in [4.69, 9.17) is 136 Å². The molecule has 0 aliphatic carbocycles. The predicted molar refractivity (Wildman–Crippen MR) is 489 cm³/mol. The van der Waals surface area contributed by atoms with Crippen molar-refractivity contribution in [1.29, 1.82) is 0 Å². The molecule has 0 aliphatic rings. The molecule has 10 nitrogen and oxygen atoms in total. The van der Waals surface area contributed by atoms with Gasteiger partial charge in [0.1, 0.15) is 11.1 Å². The third kappa shape index (κ3) is 32.2. The zero-order valence-electron chi connectivity index (χ0n) is 58.7. The summed E-state index contributed by atoms with van der Waals surface area (Å²) in [6.07, 6.45) is 0. The van der Waals surface area contributed by atoms with Crippen molar-refractivity contribution in [3.63, 3.8) is 0 Å². The van der Waals surface area contributed by atoms with E-state index in [0.717, 1.165) is 74.6 Å². The Bertz CT molecular complexity index is 5090. The van der Waals surface area contributed by atoms with E-state index in [0.29, 0.717) is 46.3 Å². The Hall–Kier alpha value is -6.48. The quantitative estimate of drug-likeness (QED) is 0.0547. The fraction of sp³-hybridized carbons (Fsp3) is 0. The molecular formula is C86H62Br3Cl12N7O3Sb2. The predicted octanol–water partition coefficient (Wildman–Crippen LogP) is 27.6. The molecule has 0 atom stereocenters. The van der Waals surface area contributed by atoms with Gasteiger partial charge in [0.25, 0.3) is 5.24 Å². The number of carbonyl (C=O) groups is 1. The number of carbonyl (C=O) groups excluding carboxylic acids is 1. The molecule has 113 heavy (non-hydrogen) atoms. The molecule has 0 radical (unpaired) electrons. The van der Waals surface area contributed by atoms with Gasteiger partial charge < -0.3 is 24.0 Å². The first kappa shape index (κ1) is 93.7. The molecule has 0 saturated heterocycles. The molecule has 5 N–H and O–H groups in total. The summed E-state index contributed by atoms with van der Waals surface area (Å²) in [6.45, 7) is 6.84. The first-order valence-corrected chi connectivity index (χ1v) is 67.9. The van der Waals surface area contributed by atoms with Crippen molar-refractivity contribution in [3.8, 4) is 124 Å². The van der Waals surface area contributed by atoms with Crippen LogP contribution in [0.3, 0.4) is 0 Å². The summed E-state index contributed by atoms with van der Waals surface area (Å²) in [7, 11) is 50.5. The molecular weight excluding hydrogens is 2090 g/mol. The van der Waals surface area contributed by atoms with Crippen LogP contribution in [0.2, 0.25) is 0 Å². The molecule has 27 heteroatoms. The van der Waals surface area contributed by atoms with Crippen LogP contribution in [0.5, 0.6) is 0 Å². The van der Waals surface area contributed by atoms with Crippen LogP contribution >= 0.6 is 148 Å². The average molecular weight is 2150 g/mol. The summed E-state index contributed by atoms with van der Waals surface area (Å²) in [5.41, 5.74) is 18.3. The van der Waals surface area contributed by atoms with Gasteiger partial charge >= 0.3 is 123 Å². The van der Waals surface area contributed by atoms with Crippen molar-refractivity contribution in [2.45, 2.75) is 0 Å². The fourth-order valence-electron chi connectivity index (χ4n) is 10.5. The molecule has 0 bridgehead atoms. The zero-order chi connectivity index (χ0) is 78.3. The van der Waals surface area contributed by atoms with Crippen LogP contribution in [-0.4, -0.2) is 59.0 Å². The molecule has 2 heterocycles. The number of rotatable bonds is 12. The van der Waals surface area contributed by atoms with Gasteiger partial charge in [-0.05, 0) is 122 Å². The van der Waals surface area contributed by atoms with Crippen LogP contribution in [0.4, 0.5) is 5.69 Å². The van der Waals surface area contributed by atoms with Gasteiger partial charge in [0.2, 0.25) is 0 Å². The Kier molecular flexibility index (Phi) is 36.6. The van der Waals surface area contributed by atoms with Gasteiger partial charge in [0.05, 0.1) is 6.57 Å². The van der Waals surface area contributed by atoms with Gasteiger partial charge in [0.15, 0.2) is 29.0 Å². The van der Waals surface area contributed by atoms with Gasteiger partial charge in [-0.3, -0.25) is 4.79 Å². The Morgan fingerprint density at radius 2 is 0.513 bits per heavy atom. The first-order valence-electron chi connectivity index (χ1n) is 32.9. The third-order valence-electron chi connectivity index (χ3n) is 15.5. The van der Waals surface area contributed by atoms with E-state index in [1.54, 1.807) is 18.2 Å². The molecule has 574 valence electrons. The average Bonchev–Trinajstić information content (AvgIpc) is 0.798. The van der Waals surface area contributed by atoms with Gasteiger partial charge in [-0.1, -0.05) is 339 Å². The van der Waals surface area contributed by atoms with Gasteiger partial charge in [-0.2, -0.15) is 4.42 Å². The molecule has 0 unspecified atom stereocenters. The van der Waals surface area contributed by atoms with Crippen molar-refractivity contribution in [3.05, 3.63) is 376 Å². The number of benzene rings is 13. The second-order valence-electron chi connectivity index (χ2n) is 23.4. The molecule has 0 spiro atoms. The van der Waals surface area contributed by atoms with E-state index in [2.05, 4.69) is 222 Å². The van der Waals surface area contributed by atoms with Crippen molar-refractivity contribution >= 4 is 182 Å². The van der Waals surface area contributed by atoms with E-state index in [-0.39, 0.29) is 24.0 Å².